The van der Waals surface area contributed by atoms with Gasteiger partial charge in [-0.2, -0.15) is 0 Å². The van der Waals surface area contributed by atoms with Crippen LogP contribution in [0.4, 0.5) is 5.69 Å². The van der Waals surface area contributed by atoms with Crippen molar-refractivity contribution in [2.75, 3.05) is 5.32 Å². The van der Waals surface area contributed by atoms with Crippen molar-refractivity contribution < 1.29 is 4.79 Å². The molecule has 0 saturated heterocycles. The maximum Gasteiger partial charge on any atom is 0.261 e. The fourth-order valence-corrected chi connectivity index (χ4v) is 4.01. The van der Waals surface area contributed by atoms with Crippen LogP contribution >= 0.6 is 15.9 Å². The minimum absolute atomic E-state index is 0.135. The number of carbonyl (C=O) groups excluding carboxylic acids is 1. The monoisotopic (exact) mass is 457 g/mol. The van der Waals surface area contributed by atoms with Crippen molar-refractivity contribution in [3.05, 3.63) is 105 Å². The molecule has 0 radical (unpaired) electrons. The number of nitrogens with zero attached hydrogens (tertiary/aromatic N) is 2. The highest BCUT2D eigenvalue weighted by Crippen LogP contribution is 2.34. The molecule has 0 unspecified atom stereocenters. The highest BCUT2D eigenvalue weighted by Gasteiger charge is 2.25. The molecule has 5 rings (SSSR count). The second-order valence-corrected chi connectivity index (χ2v) is 7.98. The maximum absolute atomic E-state index is 13.3. The molecule has 1 aromatic heterocycles. The van der Waals surface area contributed by atoms with E-state index in [9.17, 15) is 9.59 Å². The molecule has 0 spiro atoms. The SMILES string of the molecule is O=C1Nc2ccc(Br)cc2/C1=C/c1nc2ccccc2c(=O)n1Cc1ccccc1. The van der Waals surface area contributed by atoms with E-state index >= 15 is 0 Å². The number of hydrogen-bond acceptors (Lipinski definition) is 3. The lowest BCUT2D eigenvalue weighted by Gasteiger charge is -2.12. The second-order valence-electron chi connectivity index (χ2n) is 7.07. The van der Waals surface area contributed by atoms with Crippen LogP contribution in [0.5, 0.6) is 0 Å². The zero-order valence-corrected chi connectivity index (χ0v) is 17.4. The van der Waals surface area contributed by atoms with Crippen LogP contribution in [0.25, 0.3) is 22.6 Å². The number of hydrogen-bond donors (Lipinski definition) is 1. The molecular formula is C24H16BrN3O2. The molecule has 2 heterocycles. The molecule has 5 nitrogen and oxygen atoms in total. The number of halogens is 1. The van der Waals surface area contributed by atoms with E-state index in [2.05, 4.69) is 21.2 Å². The summed E-state index contributed by atoms with van der Waals surface area (Å²) in [5.41, 5.74) is 3.46. The van der Waals surface area contributed by atoms with Crippen LogP contribution in [-0.4, -0.2) is 15.5 Å². The van der Waals surface area contributed by atoms with E-state index in [4.69, 9.17) is 4.98 Å². The molecule has 0 saturated carbocycles. The number of aromatic nitrogens is 2. The molecule has 0 fully saturated rings. The highest BCUT2D eigenvalue weighted by atomic mass is 79.9. The van der Waals surface area contributed by atoms with Crippen molar-refractivity contribution >= 4 is 50.1 Å². The van der Waals surface area contributed by atoms with Crippen LogP contribution in [0.2, 0.25) is 0 Å². The van der Waals surface area contributed by atoms with Gasteiger partial charge < -0.3 is 5.32 Å². The molecule has 4 aromatic rings. The van der Waals surface area contributed by atoms with E-state index in [0.29, 0.717) is 28.8 Å². The molecule has 0 bridgehead atoms. The lowest BCUT2D eigenvalue weighted by molar-refractivity contribution is -0.110. The molecule has 1 amide bonds. The molecule has 1 N–H and O–H groups in total. The fraction of sp³-hybridized carbons (Fsp3) is 0.0417. The third-order valence-electron chi connectivity index (χ3n) is 5.11. The Morgan fingerprint density at radius 1 is 0.967 bits per heavy atom. The Labute approximate surface area is 180 Å². The van der Waals surface area contributed by atoms with Crippen molar-refractivity contribution in [1.82, 2.24) is 9.55 Å². The van der Waals surface area contributed by atoms with Gasteiger partial charge in [0.05, 0.1) is 23.0 Å². The Kier molecular flexibility index (Phi) is 4.56. The number of nitrogens with one attached hydrogen (secondary N) is 1. The topological polar surface area (TPSA) is 64.0 Å². The summed E-state index contributed by atoms with van der Waals surface area (Å²) in [4.78, 5) is 30.7. The van der Waals surface area contributed by atoms with Gasteiger partial charge in [0.1, 0.15) is 5.82 Å². The molecule has 30 heavy (non-hydrogen) atoms. The molecule has 3 aromatic carbocycles. The molecule has 0 atom stereocenters. The maximum atomic E-state index is 13.3. The third kappa shape index (κ3) is 3.25. The molecule has 6 heteroatoms. The normalized spacial score (nSPS) is 14.2. The summed E-state index contributed by atoms with van der Waals surface area (Å²) in [6.07, 6.45) is 1.70. The first kappa shape index (κ1) is 18.5. The van der Waals surface area contributed by atoms with Crippen molar-refractivity contribution in [3.63, 3.8) is 0 Å². The van der Waals surface area contributed by atoms with Gasteiger partial charge in [-0.15, -0.1) is 0 Å². The average Bonchev–Trinajstić information content (AvgIpc) is 3.06. The number of fused-ring (bicyclic) bond motifs is 2. The predicted octanol–water partition coefficient (Wildman–Crippen LogP) is 4.70. The molecule has 146 valence electrons. The number of benzene rings is 3. The van der Waals surface area contributed by atoms with Crippen LogP contribution in [0.1, 0.15) is 17.0 Å². The summed E-state index contributed by atoms with van der Waals surface area (Å²) < 4.78 is 2.49. The fourth-order valence-electron chi connectivity index (χ4n) is 3.65. The molecular weight excluding hydrogens is 442 g/mol. The van der Waals surface area contributed by atoms with Gasteiger partial charge in [0, 0.05) is 15.7 Å². The number of rotatable bonds is 3. The quantitative estimate of drug-likeness (QED) is 0.453. The van der Waals surface area contributed by atoms with Crippen molar-refractivity contribution in [1.29, 1.82) is 0 Å². The van der Waals surface area contributed by atoms with Gasteiger partial charge in [-0.05, 0) is 42.0 Å². The molecule has 1 aliphatic heterocycles. The first-order valence-electron chi connectivity index (χ1n) is 9.46. The van der Waals surface area contributed by atoms with Crippen molar-refractivity contribution in [3.8, 4) is 0 Å². The van der Waals surface area contributed by atoms with E-state index in [-0.39, 0.29) is 11.5 Å². The zero-order valence-electron chi connectivity index (χ0n) is 15.8. The van der Waals surface area contributed by atoms with Gasteiger partial charge in [0.25, 0.3) is 11.5 Å². The van der Waals surface area contributed by atoms with Gasteiger partial charge in [-0.25, -0.2) is 4.98 Å². The van der Waals surface area contributed by atoms with Crippen molar-refractivity contribution in [2.24, 2.45) is 0 Å². The Bertz CT molecular complexity index is 1390. The standard InChI is InChI=1S/C24H16BrN3O2/c25-16-10-11-21-18(12-16)19(23(29)27-21)13-22-26-20-9-5-4-8-17(20)24(30)28(22)14-15-6-2-1-3-7-15/h1-13H,14H2,(H,27,29)/b19-13-. The van der Waals surface area contributed by atoms with Crippen LogP contribution in [-0.2, 0) is 11.3 Å². The van der Waals surface area contributed by atoms with Crippen LogP contribution in [0.3, 0.4) is 0 Å². The summed E-state index contributed by atoms with van der Waals surface area (Å²) in [6, 6.07) is 22.6. The first-order chi connectivity index (χ1) is 14.6. The lowest BCUT2D eigenvalue weighted by Crippen LogP contribution is -2.24. The van der Waals surface area contributed by atoms with E-state index in [1.165, 1.54) is 0 Å². The summed E-state index contributed by atoms with van der Waals surface area (Å²) in [5, 5.41) is 3.42. The largest absolute Gasteiger partial charge is 0.321 e. The van der Waals surface area contributed by atoms with E-state index in [1.54, 1.807) is 16.7 Å². The van der Waals surface area contributed by atoms with Gasteiger partial charge in [0.2, 0.25) is 0 Å². The van der Waals surface area contributed by atoms with Gasteiger partial charge in [-0.3, -0.25) is 14.2 Å². The van der Waals surface area contributed by atoms with Crippen molar-refractivity contribution in [2.45, 2.75) is 6.54 Å². The van der Waals surface area contributed by atoms with Gasteiger partial charge in [0.15, 0.2) is 0 Å². The minimum atomic E-state index is -0.211. The summed E-state index contributed by atoms with van der Waals surface area (Å²) in [5.74, 6) is 0.234. The summed E-state index contributed by atoms with van der Waals surface area (Å²) >= 11 is 3.46. The Balaban J connectivity index is 1.74. The molecule has 1 aliphatic rings. The number of anilines is 1. The molecule has 0 aliphatic carbocycles. The van der Waals surface area contributed by atoms with Crippen LogP contribution < -0.4 is 10.9 Å². The first-order valence-corrected chi connectivity index (χ1v) is 10.3. The smallest absolute Gasteiger partial charge is 0.261 e. The van der Waals surface area contributed by atoms with Crippen LogP contribution in [0.15, 0.2) is 82.1 Å². The second kappa shape index (κ2) is 7.39. The van der Waals surface area contributed by atoms with E-state index in [1.807, 2.05) is 66.7 Å². The van der Waals surface area contributed by atoms with Gasteiger partial charge >= 0.3 is 0 Å². The number of para-hydroxylation sites is 1. The Morgan fingerprint density at radius 2 is 1.73 bits per heavy atom. The number of amides is 1. The lowest BCUT2D eigenvalue weighted by atomic mass is 10.1. The number of carbonyl (C=O) groups is 1. The summed E-state index contributed by atoms with van der Waals surface area (Å²) in [6.45, 7) is 0.365. The van der Waals surface area contributed by atoms with Gasteiger partial charge in [-0.1, -0.05) is 58.4 Å². The Morgan fingerprint density at radius 3 is 2.57 bits per heavy atom. The third-order valence-corrected chi connectivity index (χ3v) is 5.61. The minimum Gasteiger partial charge on any atom is -0.321 e. The summed E-state index contributed by atoms with van der Waals surface area (Å²) in [7, 11) is 0. The van der Waals surface area contributed by atoms with E-state index in [0.717, 1.165) is 21.3 Å². The Hall–Kier alpha value is -3.51. The zero-order chi connectivity index (χ0) is 20.7. The predicted molar refractivity (Wildman–Crippen MR) is 122 cm³/mol. The van der Waals surface area contributed by atoms with E-state index < -0.39 is 0 Å². The van der Waals surface area contributed by atoms with Crippen LogP contribution in [0, 0.1) is 0 Å². The highest BCUT2D eigenvalue weighted by molar-refractivity contribution is 9.10. The average molecular weight is 458 g/mol.